The highest BCUT2D eigenvalue weighted by atomic mass is 35.5. The molecule has 6 rings (SSSR count). The summed E-state index contributed by atoms with van der Waals surface area (Å²) in [7, 11) is 1.66. The van der Waals surface area contributed by atoms with Crippen LogP contribution in [0.1, 0.15) is 30.0 Å². The summed E-state index contributed by atoms with van der Waals surface area (Å²) >= 11 is 6.57. The van der Waals surface area contributed by atoms with Crippen molar-refractivity contribution in [1.82, 2.24) is 29.7 Å². The lowest BCUT2D eigenvalue weighted by atomic mass is 10.0. The van der Waals surface area contributed by atoms with Gasteiger partial charge in [-0.05, 0) is 49.1 Å². The zero-order valence-corrected chi connectivity index (χ0v) is 21.8. The third kappa shape index (κ3) is 4.41. The molecule has 1 unspecified atom stereocenters. The molecule has 9 nitrogen and oxygen atoms in total. The first-order valence-corrected chi connectivity index (χ1v) is 12.5. The van der Waals surface area contributed by atoms with Gasteiger partial charge in [-0.3, -0.25) is 0 Å². The molecular weight excluding hydrogens is 502 g/mol. The van der Waals surface area contributed by atoms with Crippen molar-refractivity contribution in [2.75, 3.05) is 12.4 Å². The number of aromatic nitrogens is 6. The van der Waals surface area contributed by atoms with E-state index in [9.17, 15) is 0 Å². The number of rotatable bonds is 7. The number of hydrogen-bond donors (Lipinski definition) is 1. The number of nitrogens with one attached hydrogen (secondary N) is 1. The van der Waals surface area contributed by atoms with Gasteiger partial charge in [0.1, 0.15) is 34.7 Å². The Morgan fingerprint density at radius 2 is 1.92 bits per heavy atom. The van der Waals surface area contributed by atoms with Crippen molar-refractivity contribution in [3.8, 4) is 17.1 Å². The van der Waals surface area contributed by atoms with Gasteiger partial charge < -0.3 is 19.1 Å². The second-order valence-corrected chi connectivity index (χ2v) is 9.44. The van der Waals surface area contributed by atoms with Crippen LogP contribution in [0.25, 0.3) is 33.3 Å². The summed E-state index contributed by atoms with van der Waals surface area (Å²) in [5.41, 5.74) is 4.65. The van der Waals surface area contributed by atoms with Crippen molar-refractivity contribution in [1.29, 1.82) is 0 Å². The maximum atomic E-state index is 6.57. The fourth-order valence-electron chi connectivity index (χ4n) is 4.48. The Hall–Kier alpha value is -4.50. The van der Waals surface area contributed by atoms with Crippen molar-refractivity contribution in [2.24, 2.45) is 0 Å². The second kappa shape index (κ2) is 9.75. The molecule has 0 bridgehead atoms. The SMILES string of the molecule is COc1ccc(Cn2cnc3c(NC(C)c4cc5cccc(Cl)c5c(-c5cc(C)on5)n4)ncnc32)cc1. The Bertz CT molecular complexity index is 1760. The van der Waals surface area contributed by atoms with Crippen LogP contribution >= 0.6 is 11.6 Å². The van der Waals surface area contributed by atoms with Crippen molar-refractivity contribution >= 4 is 39.4 Å². The predicted molar refractivity (Wildman–Crippen MR) is 146 cm³/mol. The van der Waals surface area contributed by atoms with E-state index in [2.05, 4.69) is 25.4 Å². The van der Waals surface area contributed by atoms with Crippen LogP contribution in [-0.4, -0.2) is 36.8 Å². The Morgan fingerprint density at radius 3 is 2.68 bits per heavy atom. The number of nitrogens with zero attached hydrogens (tertiary/aromatic N) is 6. The van der Waals surface area contributed by atoms with E-state index in [1.54, 1.807) is 19.8 Å². The number of fused-ring (bicyclic) bond motifs is 2. The van der Waals surface area contributed by atoms with Gasteiger partial charge in [0.05, 0.1) is 36.7 Å². The highest BCUT2D eigenvalue weighted by Gasteiger charge is 2.19. The first-order valence-electron chi connectivity index (χ1n) is 12.1. The third-order valence-electron chi connectivity index (χ3n) is 6.41. The van der Waals surface area contributed by atoms with Crippen LogP contribution in [0.4, 0.5) is 5.82 Å². The quantitative estimate of drug-likeness (QED) is 0.262. The van der Waals surface area contributed by atoms with E-state index >= 15 is 0 Å². The molecule has 0 aliphatic carbocycles. The van der Waals surface area contributed by atoms with Gasteiger partial charge in [-0.2, -0.15) is 0 Å². The van der Waals surface area contributed by atoms with Crippen LogP contribution in [0.3, 0.4) is 0 Å². The molecule has 1 N–H and O–H groups in total. The highest BCUT2D eigenvalue weighted by molar-refractivity contribution is 6.36. The summed E-state index contributed by atoms with van der Waals surface area (Å²) < 4.78 is 12.6. The van der Waals surface area contributed by atoms with E-state index in [-0.39, 0.29) is 6.04 Å². The van der Waals surface area contributed by atoms with Gasteiger partial charge in [0.25, 0.3) is 0 Å². The summed E-state index contributed by atoms with van der Waals surface area (Å²) in [4.78, 5) is 18.5. The number of benzene rings is 2. The molecule has 10 heteroatoms. The standard InChI is InChI=1S/C28H24ClN7O2/c1-16-11-23(35-38-16)25-24-19(5-4-6-21(24)29)12-22(34-25)17(2)33-27-26-28(31-14-30-27)36(15-32-26)13-18-7-9-20(37-3)10-8-18/h4-12,14-15,17H,13H2,1-3H3,(H,30,31,33). The van der Waals surface area contributed by atoms with Crippen molar-refractivity contribution in [2.45, 2.75) is 26.4 Å². The van der Waals surface area contributed by atoms with Gasteiger partial charge in [-0.1, -0.05) is 41.0 Å². The zero-order valence-electron chi connectivity index (χ0n) is 21.0. The number of aryl methyl sites for hydroxylation is 1. The molecule has 190 valence electrons. The van der Waals surface area contributed by atoms with Gasteiger partial charge in [0.2, 0.25) is 0 Å². The molecular formula is C28H24ClN7O2. The zero-order chi connectivity index (χ0) is 26.2. The Kier molecular flexibility index (Phi) is 6.13. The second-order valence-electron chi connectivity index (χ2n) is 9.04. The molecule has 0 saturated carbocycles. The molecule has 38 heavy (non-hydrogen) atoms. The molecule has 0 radical (unpaired) electrons. The number of anilines is 1. The average Bonchev–Trinajstić information content (AvgIpc) is 3.55. The molecule has 4 aromatic heterocycles. The molecule has 0 amide bonds. The van der Waals surface area contributed by atoms with Crippen LogP contribution in [0, 0.1) is 6.92 Å². The molecule has 0 aliphatic rings. The summed E-state index contributed by atoms with van der Waals surface area (Å²) in [6, 6.07) is 17.4. The van der Waals surface area contributed by atoms with E-state index in [4.69, 9.17) is 25.8 Å². The molecule has 6 aromatic rings. The van der Waals surface area contributed by atoms with E-state index in [0.717, 1.165) is 33.4 Å². The fraction of sp³-hybridized carbons (Fsp3) is 0.179. The monoisotopic (exact) mass is 525 g/mol. The van der Waals surface area contributed by atoms with Gasteiger partial charge in [-0.25, -0.2) is 19.9 Å². The molecule has 0 aliphatic heterocycles. The minimum absolute atomic E-state index is 0.199. The third-order valence-corrected chi connectivity index (χ3v) is 6.72. The summed E-state index contributed by atoms with van der Waals surface area (Å²) in [6.07, 6.45) is 3.32. The Morgan fingerprint density at radius 1 is 1.08 bits per heavy atom. The van der Waals surface area contributed by atoms with Crippen LogP contribution in [0.5, 0.6) is 5.75 Å². The molecule has 4 heterocycles. The van der Waals surface area contributed by atoms with Crippen LogP contribution < -0.4 is 10.1 Å². The number of methoxy groups -OCH3 is 1. The maximum Gasteiger partial charge on any atom is 0.165 e. The van der Waals surface area contributed by atoms with E-state index < -0.39 is 0 Å². The lowest BCUT2D eigenvalue weighted by Gasteiger charge is -2.17. The Balaban J connectivity index is 1.33. The lowest BCUT2D eigenvalue weighted by Crippen LogP contribution is -2.11. The first-order chi connectivity index (χ1) is 18.5. The smallest absolute Gasteiger partial charge is 0.165 e. The van der Waals surface area contributed by atoms with Gasteiger partial charge >= 0.3 is 0 Å². The summed E-state index contributed by atoms with van der Waals surface area (Å²) in [5, 5.41) is 10.1. The minimum Gasteiger partial charge on any atom is -0.497 e. The number of imidazole rings is 1. The molecule has 0 spiro atoms. The molecule has 0 fully saturated rings. The first kappa shape index (κ1) is 23.9. The largest absolute Gasteiger partial charge is 0.497 e. The summed E-state index contributed by atoms with van der Waals surface area (Å²) in [6.45, 7) is 4.50. The summed E-state index contributed by atoms with van der Waals surface area (Å²) in [5.74, 6) is 2.15. The van der Waals surface area contributed by atoms with Crippen LogP contribution in [0.15, 0.2) is 71.8 Å². The highest BCUT2D eigenvalue weighted by Crippen LogP contribution is 2.34. The maximum absolute atomic E-state index is 6.57. The van der Waals surface area contributed by atoms with Gasteiger partial charge in [-0.15, -0.1) is 0 Å². The van der Waals surface area contributed by atoms with E-state index in [0.29, 0.717) is 40.1 Å². The van der Waals surface area contributed by atoms with Crippen molar-refractivity contribution < 1.29 is 9.26 Å². The number of pyridine rings is 1. The van der Waals surface area contributed by atoms with Crippen LogP contribution in [-0.2, 0) is 6.54 Å². The average molecular weight is 526 g/mol. The molecule has 2 aromatic carbocycles. The number of ether oxygens (including phenoxy) is 1. The van der Waals surface area contributed by atoms with Crippen LogP contribution in [0.2, 0.25) is 5.02 Å². The normalized spacial score (nSPS) is 12.2. The number of halogens is 1. The van der Waals surface area contributed by atoms with E-state index in [1.165, 1.54) is 0 Å². The minimum atomic E-state index is -0.199. The predicted octanol–water partition coefficient (Wildman–Crippen LogP) is 6.22. The van der Waals surface area contributed by atoms with E-state index in [1.807, 2.05) is 73.0 Å². The molecule has 1 atom stereocenters. The topological polar surface area (TPSA) is 104 Å². The number of hydrogen-bond acceptors (Lipinski definition) is 8. The Labute approximate surface area is 223 Å². The van der Waals surface area contributed by atoms with Gasteiger partial charge in [0, 0.05) is 11.5 Å². The molecule has 0 saturated heterocycles. The van der Waals surface area contributed by atoms with Crippen molar-refractivity contribution in [3.05, 3.63) is 89.3 Å². The van der Waals surface area contributed by atoms with Gasteiger partial charge in [0.15, 0.2) is 11.5 Å². The fourth-order valence-corrected chi connectivity index (χ4v) is 4.75. The van der Waals surface area contributed by atoms with Crippen molar-refractivity contribution in [3.63, 3.8) is 0 Å². The lowest BCUT2D eigenvalue weighted by molar-refractivity contribution is 0.399.